The number of H-pyrrole nitrogens is 1. The lowest BCUT2D eigenvalue weighted by Gasteiger charge is -2.36. The number of rotatable bonds is 7. The summed E-state index contributed by atoms with van der Waals surface area (Å²) in [5, 5.41) is 13.0. The van der Waals surface area contributed by atoms with E-state index in [1.165, 1.54) is 20.7 Å². The Morgan fingerprint density at radius 1 is 0.950 bits per heavy atom. The zero-order chi connectivity index (χ0) is 27.7. The summed E-state index contributed by atoms with van der Waals surface area (Å²) in [7, 11) is 0. The molecule has 2 aliphatic heterocycles. The second-order valence-corrected chi connectivity index (χ2v) is 12.1. The highest BCUT2D eigenvalue weighted by atomic mass is 32.2. The van der Waals surface area contributed by atoms with Crippen LogP contribution in [0.25, 0.3) is 21.0 Å². The maximum atomic E-state index is 11.5. The third-order valence-corrected chi connectivity index (χ3v) is 9.13. The fourth-order valence-electron chi connectivity index (χ4n) is 5.07. The molecule has 4 aromatic rings. The summed E-state index contributed by atoms with van der Waals surface area (Å²) >= 11 is 3.63. The van der Waals surface area contributed by atoms with Crippen molar-refractivity contribution >= 4 is 55.9 Å². The highest BCUT2D eigenvalue weighted by Crippen LogP contribution is 2.31. The normalized spacial score (nSPS) is 16.1. The molecule has 0 bridgehead atoms. The van der Waals surface area contributed by atoms with Crippen LogP contribution in [0.5, 0.6) is 5.75 Å². The van der Waals surface area contributed by atoms with E-state index in [1.807, 2.05) is 47.4 Å². The maximum Gasteiger partial charge on any atom is 0.407 e. The number of carboxylic acid groups (broad SMARTS) is 1. The van der Waals surface area contributed by atoms with Crippen molar-refractivity contribution in [3.63, 3.8) is 0 Å². The van der Waals surface area contributed by atoms with E-state index < -0.39 is 6.09 Å². The summed E-state index contributed by atoms with van der Waals surface area (Å²) in [5.74, 6) is 2.71. The van der Waals surface area contributed by atoms with Gasteiger partial charge in [0.05, 0.1) is 12.1 Å². The molecule has 10 heteroatoms. The largest absolute Gasteiger partial charge is 0.494 e. The Kier molecular flexibility index (Phi) is 9.85. The van der Waals surface area contributed by atoms with Crippen LogP contribution in [-0.2, 0) is 0 Å². The third kappa shape index (κ3) is 7.50. The Bertz CT molecular complexity index is 1460. The number of hydrogen-bond donors (Lipinski definition) is 2. The predicted octanol–water partition coefficient (Wildman–Crippen LogP) is 5.44. The third-order valence-electron chi connectivity index (χ3n) is 7.30. The number of aromatic nitrogens is 1. The van der Waals surface area contributed by atoms with E-state index in [-0.39, 0.29) is 5.56 Å². The quantitative estimate of drug-likeness (QED) is 0.282. The van der Waals surface area contributed by atoms with Crippen molar-refractivity contribution in [3.8, 4) is 5.75 Å². The smallest absolute Gasteiger partial charge is 0.407 e. The number of unbranched alkanes of at least 4 members (excludes halogenated alkanes) is 1. The number of fused-ring (bicyclic) bond motifs is 2. The fraction of sp³-hybridized carbons (Fsp3) is 0.400. The van der Waals surface area contributed by atoms with Crippen molar-refractivity contribution in [1.29, 1.82) is 0 Å². The van der Waals surface area contributed by atoms with E-state index in [9.17, 15) is 9.59 Å². The molecule has 0 radical (unpaired) electrons. The number of benzene rings is 2. The first kappa shape index (κ1) is 28.3. The molecule has 0 saturated carbocycles. The molecule has 2 N–H and O–H groups in total. The number of pyridine rings is 1. The topological polar surface area (TPSA) is 89.1 Å². The summed E-state index contributed by atoms with van der Waals surface area (Å²) in [5.41, 5.74) is 2.11. The molecule has 2 aromatic heterocycles. The van der Waals surface area contributed by atoms with Gasteiger partial charge in [0.2, 0.25) is 5.56 Å². The van der Waals surface area contributed by atoms with E-state index in [1.54, 1.807) is 6.07 Å². The Labute approximate surface area is 242 Å². The number of anilines is 1. The van der Waals surface area contributed by atoms with E-state index in [4.69, 9.17) is 9.84 Å². The summed E-state index contributed by atoms with van der Waals surface area (Å²) in [6.07, 6.45) is 1.37. The van der Waals surface area contributed by atoms with Crippen LogP contribution in [-0.4, -0.2) is 89.9 Å². The number of ether oxygens (including phenoxy) is 1. The minimum atomic E-state index is -0.782. The first-order chi connectivity index (χ1) is 19.6. The molecule has 40 heavy (non-hydrogen) atoms. The Morgan fingerprint density at radius 3 is 2.52 bits per heavy atom. The van der Waals surface area contributed by atoms with Gasteiger partial charge in [0.1, 0.15) is 5.75 Å². The molecule has 2 aromatic carbocycles. The van der Waals surface area contributed by atoms with Gasteiger partial charge >= 0.3 is 6.09 Å². The number of thiophene rings is 1. The monoisotopic (exact) mass is 580 g/mol. The summed E-state index contributed by atoms with van der Waals surface area (Å²) in [6.45, 7) is 7.59. The van der Waals surface area contributed by atoms with Crippen LogP contribution in [0.3, 0.4) is 0 Å². The van der Waals surface area contributed by atoms with Gasteiger partial charge in [0, 0.05) is 78.7 Å². The second-order valence-electron chi connectivity index (χ2n) is 9.95. The van der Waals surface area contributed by atoms with E-state index in [0.29, 0.717) is 19.7 Å². The van der Waals surface area contributed by atoms with Gasteiger partial charge in [0.15, 0.2) is 0 Å². The maximum absolute atomic E-state index is 11.5. The Balaban J connectivity index is 0.000000306. The minimum Gasteiger partial charge on any atom is -0.494 e. The molecule has 4 heterocycles. The first-order valence-corrected chi connectivity index (χ1v) is 15.9. The van der Waals surface area contributed by atoms with Crippen LogP contribution in [0.4, 0.5) is 10.5 Å². The molecule has 2 aliphatic rings. The van der Waals surface area contributed by atoms with Gasteiger partial charge in [-0.1, -0.05) is 6.07 Å². The predicted molar refractivity (Wildman–Crippen MR) is 167 cm³/mol. The van der Waals surface area contributed by atoms with Gasteiger partial charge in [-0.2, -0.15) is 11.8 Å². The minimum absolute atomic E-state index is 0.0863. The highest BCUT2D eigenvalue weighted by molar-refractivity contribution is 7.99. The number of carbonyl (C=O) groups is 1. The number of hydrogen-bond acceptors (Lipinski definition) is 7. The average Bonchev–Trinajstić information content (AvgIpc) is 3.47. The number of piperazine rings is 1. The lowest BCUT2D eigenvalue weighted by atomic mass is 10.2. The number of aromatic amines is 1. The van der Waals surface area contributed by atoms with Crippen molar-refractivity contribution < 1.29 is 14.6 Å². The van der Waals surface area contributed by atoms with Crippen molar-refractivity contribution in [2.75, 3.05) is 68.8 Å². The number of nitrogens with one attached hydrogen (secondary N) is 1. The standard InChI is InChI=1S/C25H27N3O2S.C5H9NO2S/c29-25-9-7-19-6-8-20(18-22(19)26-25)30-16-2-1-11-27-12-14-28(15-13-27)23-4-3-5-24-21(23)10-17-31-24;7-5(8)6-1-3-9-4-2-6/h3-10,17-18H,1-2,11-16H2,(H,26,29);1-4H2,(H,7,8). The van der Waals surface area contributed by atoms with Crippen LogP contribution < -0.4 is 15.2 Å². The lowest BCUT2D eigenvalue weighted by molar-refractivity contribution is 0.150. The lowest BCUT2D eigenvalue weighted by Crippen LogP contribution is -2.46. The number of thioether (sulfide) groups is 1. The van der Waals surface area contributed by atoms with Gasteiger partial charge in [-0.15, -0.1) is 11.3 Å². The molecule has 6 rings (SSSR count). The summed E-state index contributed by atoms with van der Waals surface area (Å²) < 4.78 is 7.28. The molecule has 212 valence electrons. The van der Waals surface area contributed by atoms with Gasteiger partial charge < -0.3 is 24.6 Å². The van der Waals surface area contributed by atoms with Gasteiger partial charge in [-0.25, -0.2) is 4.79 Å². The molecular weight excluding hydrogens is 544 g/mol. The second kappa shape index (κ2) is 13.9. The van der Waals surface area contributed by atoms with Gasteiger partial charge in [-0.05, 0) is 66.6 Å². The first-order valence-electron chi connectivity index (χ1n) is 13.8. The van der Waals surface area contributed by atoms with E-state index in [2.05, 4.69) is 44.4 Å². The molecule has 2 fully saturated rings. The van der Waals surface area contributed by atoms with Crippen molar-refractivity contribution in [2.24, 2.45) is 0 Å². The fourth-order valence-corrected chi connectivity index (χ4v) is 6.78. The van der Waals surface area contributed by atoms with E-state index in [0.717, 1.165) is 73.7 Å². The van der Waals surface area contributed by atoms with E-state index >= 15 is 0 Å². The molecule has 2 saturated heterocycles. The molecular formula is C30H36N4O4S2. The molecule has 8 nitrogen and oxygen atoms in total. The van der Waals surface area contributed by atoms with Crippen LogP contribution in [0, 0.1) is 0 Å². The molecule has 0 atom stereocenters. The van der Waals surface area contributed by atoms with Crippen LogP contribution >= 0.6 is 23.1 Å². The van der Waals surface area contributed by atoms with Crippen LogP contribution in [0.15, 0.2) is 64.8 Å². The van der Waals surface area contributed by atoms with Crippen molar-refractivity contribution in [1.82, 2.24) is 14.8 Å². The number of amides is 1. The Hall–Kier alpha value is -3.21. The Morgan fingerprint density at radius 2 is 1.75 bits per heavy atom. The van der Waals surface area contributed by atoms with Crippen LogP contribution in [0.1, 0.15) is 12.8 Å². The van der Waals surface area contributed by atoms with Crippen LogP contribution in [0.2, 0.25) is 0 Å². The molecule has 0 unspecified atom stereocenters. The van der Waals surface area contributed by atoms with Crippen molar-refractivity contribution in [2.45, 2.75) is 12.8 Å². The molecule has 1 amide bonds. The highest BCUT2D eigenvalue weighted by Gasteiger charge is 2.18. The summed E-state index contributed by atoms with van der Waals surface area (Å²) in [6, 6.07) is 18.1. The number of nitrogens with zero attached hydrogens (tertiary/aromatic N) is 3. The average molecular weight is 581 g/mol. The van der Waals surface area contributed by atoms with Crippen molar-refractivity contribution in [3.05, 3.63) is 70.3 Å². The van der Waals surface area contributed by atoms with Gasteiger partial charge in [-0.3, -0.25) is 9.69 Å². The SMILES string of the molecule is O=C(O)N1CCSCC1.O=c1ccc2ccc(OCCCCN3CCN(c4cccc5sccc45)CC3)cc2[nH]1. The zero-order valence-electron chi connectivity index (χ0n) is 22.6. The van der Waals surface area contributed by atoms with Gasteiger partial charge in [0.25, 0.3) is 0 Å². The zero-order valence-corrected chi connectivity index (χ0v) is 24.2. The molecule has 0 aliphatic carbocycles. The summed E-state index contributed by atoms with van der Waals surface area (Å²) in [4.78, 5) is 31.2. The molecule has 0 spiro atoms.